The minimum absolute atomic E-state index is 0. The molecule has 1 unspecified atom stereocenters. The van der Waals surface area contributed by atoms with E-state index in [1.807, 2.05) is 0 Å². The van der Waals surface area contributed by atoms with Crippen molar-refractivity contribution in [3.8, 4) is 5.88 Å². The summed E-state index contributed by atoms with van der Waals surface area (Å²) >= 11 is 5.83. The van der Waals surface area contributed by atoms with Crippen LogP contribution in [0.2, 0.25) is 5.02 Å². The molecule has 1 aromatic heterocycles. The highest BCUT2D eigenvalue weighted by Crippen LogP contribution is 2.38. The first kappa shape index (κ1) is 23.3. The molecule has 3 heterocycles. The van der Waals surface area contributed by atoms with Crippen molar-refractivity contribution < 1.29 is 22.6 Å². The van der Waals surface area contributed by atoms with Crippen molar-refractivity contribution in [2.75, 3.05) is 46.5 Å². The lowest BCUT2D eigenvalue weighted by atomic mass is 9.87. The fraction of sp³-hybridized carbons (Fsp3) is 0.647. The normalized spacial score (nSPS) is 22.5. The lowest BCUT2D eigenvalue weighted by Gasteiger charge is -2.24. The van der Waals surface area contributed by atoms with Crippen LogP contribution in [0.5, 0.6) is 5.88 Å². The molecule has 2 fully saturated rings. The second-order valence-corrected chi connectivity index (χ2v) is 7.21. The number of aromatic nitrogens is 1. The number of guanidine groups is 1. The van der Waals surface area contributed by atoms with Crippen molar-refractivity contribution in [1.29, 1.82) is 0 Å². The van der Waals surface area contributed by atoms with E-state index in [1.54, 1.807) is 7.05 Å². The average Bonchev–Trinajstić information content (AvgIpc) is 3.25. The summed E-state index contributed by atoms with van der Waals surface area (Å²) in [4.78, 5) is 10.1. The molecule has 2 aliphatic rings. The van der Waals surface area contributed by atoms with Crippen LogP contribution >= 0.6 is 35.6 Å². The highest BCUT2D eigenvalue weighted by atomic mass is 127. The van der Waals surface area contributed by atoms with Gasteiger partial charge in [0, 0.05) is 38.4 Å². The summed E-state index contributed by atoms with van der Waals surface area (Å²) in [7, 11) is 1.72. The largest absolute Gasteiger partial charge is 0.475 e. The van der Waals surface area contributed by atoms with Gasteiger partial charge < -0.3 is 19.7 Å². The molecule has 158 valence electrons. The van der Waals surface area contributed by atoms with Crippen molar-refractivity contribution in [3.63, 3.8) is 0 Å². The predicted octanol–water partition coefficient (Wildman–Crippen LogP) is 3.44. The maximum absolute atomic E-state index is 12.6. The molecule has 0 bridgehead atoms. The Bertz CT molecular complexity index is 699. The molecule has 1 atom stereocenters. The molecule has 28 heavy (non-hydrogen) atoms. The summed E-state index contributed by atoms with van der Waals surface area (Å²) in [5, 5.41) is 3.03. The molecule has 3 rings (SSSR count). The molecule has 0 aromatic carbocycles. The van der Waals surface area contributed by atoms with Gasteiger partial charge in [-0.15, -0.1) is 24.0 Å². The van der Waals surface area contributed by atoms with E-state index >= 15 is 0 Å². The summed E-state index contributed by atoms with van der Waals surface area (Å²) in [6, 6.07) is 0.809. The minimum atomic E-state index is -4.49. The number of likely N-dealkylation sites (tertiary alicyclic amines) is 1. The third-order valence-electron chi connectivity index (χ3n) is 4.89. The number of ether oxygens (including phenoxy) is 2. The Balaban J connectivity index is 0.00000280. The number of hydrogen-bond donors (Lipinski definition) is 1. The quantitative estimate of drug-likeness (QED) is 0.278. The minimum Gasteiger partial charge on any atom is -0.475 e. The van der Waals surface area contributed by atoms with Crippen LogP contribution in [0, 0.1) is 5.41 Å². The molecule has 1 aromatic rings. The van der Waals surface area contributed by atoms with Crippen molar-refractivity contribution in [3.05, 3.63) is 22.8 Å². The van der Waals surface area contributed by atoms with Crippen molar-refractivity contribution >= 4 is 41.5 Å². The first-order valence-corrected chi connectivity index (χ1v) is 9.10. The van der Waals surface area contributed by atoms with Crippen LogP contribution in [0.25, 0.3) is 0 Å². The van der Waals surface area contributed by atoms with Crippen LogP contribution in [-0.4, -0.2) is 62.3 Å². The number of rotatable bonds is 4. The molecule has 6 nitrogen and oxygen atoms in total. The monoisotopic (exact) mass is 534 g/mol. The van der Waals surface area contributed by atoms with E-state index in [9.17, 15) is 13.2 Å². The van der Waals surface area contributed by atoms with Gasteiger partial charge in [0.15, 0.2) is 5.96 Å². The van der Waals surface area contributed by atoms with Gasteiger partial charge in [0.1, 0.15) is 11.6 Å². The average molecular weight is 535 g/mol. The molecule has 0 amide bonds. The number of aliphatic imine (C=N–C) groups is 1. The lowest BCUT2D eigenvalue weighted by molar-refractivity contribution is -0.137. The summed E-state index contributed by atoms with van der Waals surface area (Å²) in [6.45, 7) is 4.04. The van der Waals surface area contributed by atoms with E-state index in [0.717, 1.165) is 51.2 Å². The van der Waals surface area contributed by atoms with Gasteiger partial charge in [-0.1, -0.05) is 11.6 Å². The SMILES string of the molecule is CN=C(NCCOc1ncc(C(F)(F)F)cc1Cl)N1CCC2(CCOC2)C1.I. The number of halogens is 5. The first-order chi connectivity index (χ1) is 12.8. The van der Waals surface area contributed by atoms with Gasteiger partial charge in [-0.3, -0.25) is 4.99 Å². The summed E-state index contributed by atoms with van der Waals surface area (Å²) in [5.41, 5.74) is -0.677. The number of nitrogens with zero attached hydrogens (tertiary/aromatic N) is 3. The van der Waals surface area contributed by atoms with Crippen LogP contribution in [-0.2, 0) is 10.9 Å². The van der Waals surface area contributed by atoms with E-state index in [-0.39, 0.29) is 46.9 Å². The Hall–Kier alpha value is -1.01. The van der Waals surface area contributed by atoms with E-state index in [4.69, 9.17) is 21.1 Å². The number of hydrogen-bond acceptors (Lipinski definition) is 4. The van der Waals surface area contributed by atoms with Crippen LogP contribution in [0.1, 0.15) is 18.4 Å². The summed E-state index contributed by atoms with van der Waals surface area (Å²) in [5.74, 6) is 0.749. The fourth-order valence-corrected chi connectivity index (χ4v) is 3.64. The van der Waals surface area contributed by atoms with Gasteiger partial charge in [0.05, 0.1) is 18.7 Å². The Labute approximate surface area is 183 Å². The molecule has 0 saturated carbocycles. The van der Waals surface area contributed by atoms with Crippen molar-refractivity contribution in [1.82, 2.24) is 15.2 Å². The maximum atomic E-state index is 12.6. The van der Waals surface area contributed by atoms with E-state index in [0.29, 0.717) is 12.7 Å². The third kappa shape index (κ3) is 5.53. The number of nitrogens with one attached hydrogen (secondary N) is 1. The molecule has 1 N–H and O–H groups in total. The number of pyridine rings is 1. The second-order valence-electron chi connectivity index (χ2n) is 6.81. The lowest BCUT2D eigenvalue weighted by Crippen LogP contribution is -2.42. The van der Waals surface area contributed by atoms with Gasteiger partial charge in [-0.05, 0) is 18.9 Å². The van der Waals surface area contributed by atoms with Gasteiger partial charge in [0.25, 0.3) is 0 Å². The van der Waals surface area contributed by atoms with E-state index < -0.39 is 11.7 Å². The fourth-order valence-electron chi connectivity index (χ4n) is 3.42. The van der Waals surface area contributed by atoms with E-state index in [2.05, 4.69) is 20.2 Å². The van der Waals surface area contributed by atoms with Crippen LogP contribution in [0.4, 0.5) is 13.2 Å². The zero-order valence-electron chi connectivity index (χ0n) is 15.4. The van der Waals surface area contributed by atoms with Gasteiger partial charge in [-0.25, -0.2) is 4.98 Å². The number of alkyl halides is 3. The first-order valence-electron chi connectivity index (χ1n) is 8.72. The van der Waals surface area contributed by atoms with Crippen LogP contribution < -0.4 is 10.1 Å². The summed E-state index contributed by atoms with van der Waals surface area (Å²) in [6.07, 6.45) is -1.63. The van der Waals surface area contributed by atoms with Crippen molar-refractivity contribution in [2.45, 2.75) is 19.0 Å². The summed E-state index contributed by atoms with van der Waals surface area (Å²) < 4.78 is 48.8. The Morgan fingerprint density at radius 2 is 2.25 bits per heavy atom. The molecule has 0 aliphatic carbocycles. The molecule has 11 heteroatoms. The van der Waals surface area contributed by atoms with Crippen LogP contribution in [0.15, 0.2) is 17.3 Å². The van der Waals surface area contributed by atoms with Crippen molar-refractivity contribution in [2.24, 2.45) is 10.4 Å². The molecule has 2 saturated heterocycles. The smallest absolute Gasteiger partial charge is 0.417 e. The Morgan fingerprint density at radius 3 is 2.86 bits per heavy atom. The molecular formula is C17H23ClF3IN4O2. The van der Waals surface area contributed by atoms with Crippen LogP contribution in [0.3, 0.4) is 0 Å². The maximum Gasteiger partial charge on any atom is 0.417 e. The van der Waals surface area contributed by atoms with E-state index in [1.165, 1.54) is 0 Å². The zero-order chi connectivity index (χ0) is 19.5. The van der Waals surface area contributed by atoms with Gasteiger partial charge >= 0.3 is 6.18 Å². The standard InChI is InChI=1S/C17H22ClF3N4O2.HI/c1-22-15(25-5-2-16(10-25)3-6-26-11-16)23-4-7-27-14-13(18)8-12(9-24-14)17(19,20)21;/h8-9H,2-7,10-11H2,1H3,(H,22,23);1H. The topological polar surface area (TPSA) is 59.0 Å². The third-order valence-corrected chi connectivity index (χ3v) is 5.16. The highest BCUT2D eigenvalue weighted by Gasteiger charge is 2.42. The second kappa shape index (κ2) is 9.66. The highest BCUT2D eigenvalue weighted by molar-refractivity contribution is 14.0. The predicted molar refractivity (Wildman–Crippen MR) is 111 cm³/mol. The molecule has 0 radical (unpaired) electrons. The van der Waals surface area contributed by atoms with Gasteiger partial charge in [0.2, 0.25) is 5.88 Å². The van der Waals surface area contributed by atoms with Gasteiger partial charge in [-0.2, -0.15) is 13.2 Å². The Kier molecular flexibility index (Phi) is 8.03. The Morgan fingerprint density at radius 1 is 1.46 bits per heavy atom. The molecule has 1 spiro atoms. The zero-order valence-corrected chi connectivity index (χ0v) is 18.5. The molecule has 2 aliphatic heterocycles. The molecular weight excluding hydrogens is 512 g/mol.